The maximum atomic E-state index is 12.6. The molecule has 2 N–H and O–H groups in total. The highest BCUT2D eigenvalue weighted by Crippen LogP contribution is 2.34. The number of rotatable bonds is 6. The Kier molecular flexibility index (Phi) is 7.29. The molecule has 6 nitrogen and oxygen atoms in total. The highest BCUT2D eigenvalue weighted by Gasteiger charge is 2.27. The molecule has 1 fully saturated rings. The van der Waals surface area contributed by atoms with Crippen LogP contribution in [0.4, 0.5) is 0 Å². The van der Waals surface area contributed by atoms with Crippen LogP contribution in [0.1, 0.15) is 30.9 Å². The molecule has 2 aliphatic heterocycles. The summed E-state index contributed by atoms with van der Waals surface area (Å²) in [6.07, 6.45) is 2.41. The summed E-state index contributed by atoms with van der Waals surface area (Å²) in [6, 6.07) is 18.1. The zero-order valence-electron chi connectivity index (χ0n) is 17.1. The third kappa shape index (κ3) is 5.68. The lowest BCUT2D eigenvalue weighted by Gasteiger charge is -2.32. The van der Waals surface area contributed by atoms with Crippen molar-refractivity contribution in [1.82, 2.24) is 15.6 Å². The van der Waals surface area contributed by atoms with Crippen molar-refractivity contribution in [2.24, 2.45) is 5.10 Å². The average molecular weight is 501 g/mol. The van der Waals surface area contributed by atoms with E-state index >= 15 is 0 Å². The van der Waals surface area contributed by atoms with Crippen LogP contribution in [-0.2, 0) is 9.59 Å². The molecule has 0 aliphatic carbocycles. The molecule has 0 radical (unpaired) electrons. The summed E-state index contributed by atoms with van der Waals surface area (Å²) in [4.78, 5) is 28.1. The van der Waals surface area contributed by atoms with Crippen LogP contribution in [0.15, 0.2) is 69.1 Å². The predicted molar refractivity (Wildman–Crippen MR) is 127 cm³/mol. The highest BCUT2D eigenvalue weighted by atomic mass is 79.9. The van der Waals surface area contributed by atoms with Gasteiger partial charge >= 0.3 is 0 Å². The molecule has 2 aromatic rings. The van der Waals surface area contributed by atoms with E-state index in [1.165, 1.54) is 4.90 Å². The summed E-state index contributed by atoms with van der Waals surface area (Å²) in [7, 11) is 0. The van der Waals surface area contributed by atoms with Gasteiger partial charge in [0.05, 0.1) is 12.6 Å². The van der Waals surface area contributed by atoms with E-state index in [0.29, 0.717) is 17.4 Å². The van der Waals surface area contributed by atoms with Gasteiger partial charge in [0.25, 0.3) is 5.91 Å². The SMILES string of the molecule is O=C(NCC(=O)N1CCC(Sc2ccccc2Br)CC1)C1=NNC(c2ccccc2)C1. The summed E-state index contributed by atoms with van der Waals surface area (Å²) < 4.78 is 1.11. The minimum Gasteiger partial charge on any atom is -0.342 e. The van der Waals surface area contributed by atoms with Gasteiger partial charge in [-0.15, -0.1) is 11.8 Å². The fraction of sp³-hybridized carbons (Fsp3) is 0.348. The molecule has 31 heavy (non-hydrogen) atoms. The van der Waals surface area contributed by atoms with Crippen LogP contribution in [0, 0.1) is 0 Å². The van der Waals surface area contributed by atoms with Crippen LogP contribution < -0.4 is 10.7 Å². The first-order valence-electron chi connectivity index (χ1n) is 10.4. The number of hydrogen-bond donors (Lipinski definition) is 2. The van der Waals surface area contributed by atoms with Crippen molar-refractivity contribution in [3.63, 3.8) is 0 Å². The molecule has 0 aromatic heterocycles. The Labute approximate surface area is 195 Å². The van der Waals surface area contributed by atoms with E-state index in [1.54, 1.807) is 0 Å². The molecule has 0 saturated carbocycles. The second kappa shape index (κ2) is 10.3. The van der Waals surface area contributed by atoms with E-state index in [-0.39, 0.29) is 24.4 Å². The number of nitrogens with one attached hydrogen (secondary N) is 2. The molecule has 0 bridgehead atoms. The van der Waals surface area contributed by atoms with Gasteiger partial charge in [-0.2, -0.15) is 5.10 Å². The number of likely N-dealkylation sites (tertiary alicyclic amines) is 1. The smallest absolute Gasteiger partial charge is 0.267 e. The van der Waals surface area contributed by atoms with Crippen LogP contribution in [0.2, 0.25) is 0 Å². The highest BCUT2D eigenvalue weighted by molar-refractivity contribution is 9.10. The van der Waals surface area contributed by atoms with Crippen molar-refractivity contribution in [2.45, 2.75) is 35.4 Å². The molecule has 2 aromatic carbocycles. The van der Waals surface area contributed by atoms with Crippen LogP contribution in [0.25, 0.3) is 0 Å². The Morgan fingerprint density at radius 1 is 1.10 bits per heavy atom. The standard InChI is InChI=1S/C23H25BrN4O2S/c24-18-8-4-5-9-21(18)31-17-10-12-28(13-11-17)22(29)15-25-23(30)20-14-19(26-27-20)16-6-2-1-3-7-16/h1-9,17,19,26H,10-15H2,(H,25,30). The maximum Gasteiger partial charge on any atom is 0.267 e. The second-order valence-electron chi connectivity index (χ2n) is 7.67. The predicted octanol–water partition coefficient (Wildman–Crippen LogP) is 3.74. The molecular weight excluding hydrogens is 476 g/mol. The number of halogens is 1. The lowest BCUT2D eigenvalue weighted by atomic mass is 10.0. The van der Waals surface area contributed by atoms with Gasteiger partial charge in [-0.1, -0.05) is 42.5 Å². The number of hydrogen-bond acceptors (Lipinski definition) is 5. The second-order valence-corrected chi connectivity index (χ2v) is 9.86. The molecule has 2 aliphatic rings. The van der Waals surface area contributed by atoms with E-state index < -0.39 is 0 Å². The van der Waals surface area contributed by atoms with Gasteiger partial charge in [0.15, 0.2) is 0 Å². The Morgan fingerprint density at radius 2 is 1.81 bits per heavy atom. The van der Waals surface area contributed by atoms with Crippen molar-refractivity contribution >= 4 is 45.2 Å². The minimum absolute atomic E-state index is 0.00108. The number of carbonyl (C=O) groups excluding carboxylic acids is 2. The molecular formula is C23H25BrN4O2S. The zero-order chi connectivity index (χ0) is 21.6. The molecule has 2 amide bonds. The first kappa shape index (κ1) is 21.9. The molecule has 8 heteroatoms. The van der Waals surface area contributed by atoms with Gasteiger partial charge in [-0.05, 0) is 46.5 Å². The number of amides is 2. The number of nitrogens with zero attached hydrogens (tertiary/aromatic N) is 2. The lowest BCUT2D eigenvalue weighted by Crippen LogP contribution is -2.45. The van der Waals surface area contributed by atoms with E-state index in [0.717, 1.165) is 36.0 Å². The molecule has 0 spiro atoms. The first-order valence-corrected chi connectivity index (χ1v) is 12.1. The monoisotopic (exact) mass is 500 g/mol. The number of benzene rings is 2. The largest absolute Gasteiger partial charge is 0.342 e. The topological polar surface area (TPSA) is 73.8 Å². The number of hydrazone groups is 1. The van der Waals surface area contributed by atoms with Crippen LogP contribution in [0.5, 0.6) is 0 Å². The number of carbonyl (C=O) groups is 2. The van der Waals surface area contributed by atoms with Crippen molar-refractivity contribution in [3.05, 3.63) is 64.6 Å². The molecule has 4 rings (SSSR count). The van der Waals surface area contributed by atoms with E-state index in [2.05, 4.69) is 43.9 Å². The van der Waals surface area contributed by atoms with Gasteiger partial charge in [0.2, 0.25) is 5.91 Å². The third-order valence-corrected chi connectivity index (χ3v) is 7.91. The van der Waals surface area contributed by atoms with E-state index in [9.17, 15) is 9.59 Å². The third-order valence-electron chi connectivity index (χ3n) is 5.54. The van der Waals surface area contributed by atoms with Gasteiger partial charge in [0, 0.05) is 34.1 Å². The van der Waals surface area contributed by atoms with Crippen molar-refractivity contribution < 1.29 is 9.59 Å². The normalized spacial score (nSPS) is 18.9. The van der Waals surface area contributed by atoms with Crippen LogP contribution >= 0.6 is 27.7 Å². The summed E-state index contributed by atoms with van der Waals surface area (Å²) >= 11 is 5.46. The first-order chi connectivity index (χ1) is 15.1. The van der Waals surface area contributed by atoms with Gasteiger partial charge < -0.3 is 15.6 Å². The molecule has 162 valence electrons. The summed E-state index contributed by atoms with van der Waals surface area (Å²) in [5.41, 5.74) is 4.54. The quantitative estimate of drug-likeness (QED) is 0.633. The number of piperidine rings is 1. The fourth-order valence-electron chi connectivity index (χ4n) is 3.77. The molecule has 1 unspecified atom stereocenters. The molecule has 1 atom stereocenters. The van der Waals surface area contributed by atoms with Crippen LogP contribution in [0.3, 0.4) is 0 Å². The van der Waals surface area contributed by atoms with Gasteiger partial charge in [0.1, 0.15) is 5.71 Å². The van der Waals surface area contributed by atoms with Gasteiger partial charge in [-0.3, -0.25) is 9.59 Å². The summed E-state index contributed by atoms with van der Waals surface area (Å²) in [5, 5.41) is 7.40. The fourth-order valence-corrected chi connectivity index (χ4v) is 5.48. The van der Waals surface area contributed by atoms with E-state index in [1.807, 2.05) is 59.1 Å². The molecule has 1 saturated heterocycles. The summed E-state index contributed by atoms with van der Waals surface area (Å²) in [6.45, 7) is 1.45. The zero-order valence-corrected chi connectivity index (χ0v) is 19.5. The lowest BCUT2D eigenvalue weighted by molar-refractivity contribution is -0.132. The van der Waals surface area contributed by atoms with Crippen LogP contribution in [-0.4, -0.2) is 47.3 Å². The molecule has 2 heterocycles. The Hall–Kier alpha value is -2.32. The van der Waals surface area contributed by atoms with Crippen molar-refractivity contribution in [1.29, 1.82) is 0 Å². The Balaban J connectivity index is 1.19. The van der Waals surface area contributed by atoms with Crippen molar-refractivity contribution in [2.75, 3.05) is 19.6 Å². The average Bonchev–Trinajstić information content (AvgIpc) is 3.30. The van der Waals surface area contributed by atoms with Crippen molar-refractivity contribution in [3.8, 4) is 0 Å². The maximum absolute atomic E-state index is 12.6. The minimum atomic E-state index is -0.279. The van der Waals surface area contributed by atoms with E-state index in [4.69, 9.17) is 0 Å². The Morgan fingerprint density at radius 3 is 2.55 bits per heavy atom. The number of thioether (sulfide) groups is 1. The summed E-state index contributed by atoms with van der Waals surface area (Å²) in [5.74, 6) is -0.317. The Bertz CT molecular complexity index is 961. The van der Waals surface area contributed by atoms with Gasteiger partial charge in [-0.25, -0.2) is 0 Å².